The number of hydrogen-bond donors (Lipinski definition) is 1. The van der Waals surface area contributed by atoms with E-state index in [4.69, 9.17) is 5.73 Å². The molecule has 0 aliphatic carbocycles. The Bertz CT molecular complexity index is 381. The molecule has 0 amide bonds. The second-order valence-electron chi connectivity index (χ2n) is 3.33. The molecule has 0 aliphatic heterocycles. The van der Waals surface area contributed by atoms with Gasteiger partial charge in [-0.3, -0.25) is 0 Å². The molecule has 0 radical (unpaired) electrons. The molecule has 78 valence electrons. The predicted molar refractivity (Wildman–Crippen MR) is 58.6 cm³/mol. The van der Waals surface area contributed by atoms with E-state index in [0.29, 0.717) is 12.1 Å². The van der Waals surface area contributed by atoms with E-state index in [1.54, 1.807) is 24.3 Å². The van der Waals surface area contributed by atoms with Gasteiger partial charge in [-0.2, -0.15) is 0 Å². The van der Waals surface area contributed by atoms with Crippen LogP contribution in [0.2, 0.25) is 0 Å². The molecule has 0 aliphatic rings. The van der Waals surface area contributed by atoms with E-state index in [9.17, 15) is 8.42 Å². The van der Waals surface area contributed by atoms with Crippen LogP contribution in [0.15, 0.2) is 24.3 Å². The second-order valence-corrected chi connectivity index (χ2v) is 5.52. The van der Waals surface area contributed by atoms with Crippen LogP contribution in [0, 0.1) is 0 Å². The lowest BCUT2D eigenvalue weighted by Crippen LogP contribution is -2.08. The SMILES string of the molecule is CCCS(=O)(=O)Cc1ccc(N)cc1. The van der Waals surface area contributed by atoms with Crippen molar-refractivity contribution >= 4 is 15.5 Å². The zero-order valence-corrected chi connectivity index (χ0v) is 9.05. The lowest BCUT2D eigenvalue weighted by Gasteiger charge is -2.02. The van der Waals surface area contributed by atoms with Crippen molar-refractivity contribution < 1.29 is 8.42 Å². The fourth-order valence-corrected chi connectivity index (χ4v) is 2.72. The maximum absolute atomic E-state index is 11.5. The number of hydrogen-bond acceptors (Lipinski definition) is 3. The van der Waals surface area contributed by atoms with Crippen LogP contribution in [0.1, 0.15) is 18.9 Å². The van der Waals surface area contributed by atoms with Gasteiger partial charge in [-0.1, -0.05) is 19.1 Å². The summed E-state index contributed by atoms with van der Waals surface area (Å²) in [5.74, 6) is 0.360. The van der Waals surface area contributed by atoms with Crippen LogP contribution < -0.4 is 5.73 Å². The van der Waals surface area contributed by atoms with Crippen molar-refractivity contribution in [2.24, 2.45) is 0 Å². The first-order valence-electron chi connectivity index (χ1n) is 4.58. The van der Waals surface area contributed by atoms with Gasteiger partial charge in [0.05, 0.1) is 11.5 Å². The molecule has 0 saturated carbocycles. The number of anilines is 1. The molecule has 0 heterocycles. The molecule has 1 aromatic rings. The topological polar surface area (TPSA) is 60.2 Å². The molecule has 0 unspecified atom stereocenters. The number of sulfone groups is 1. The van der Waals surface area contributed by atoms with E-state index in [2.05, 4.69) is 0 Å². The molecule has 0 bridgehead atoms. The van der Waals surface area contributed by atoms with Crippen molar-refractivity contribution in [1.29, 1.82) is 0 Å². The lowest BCUT2D eigenvalue weighted by atomic mass is 10.2. The Kier molecular flexibility index (Phi) is 3.52. The largest absolute Gasteiger partial charge is 0.399 e. The summed E-state index contributed by atoms with van der Waals surface area (Å²) in [4.78, 5) is 0. The smallest absolute Gasteiger partial charge is 0.154 e. The van der Waals surface area contributed by atoms with E-state index >= 15 is 0 Å². The summed E-state index contributed by atoms with van der Waals surface area (Å²) in [6.07, 6.45) is 0.664. The third kappa shape index (κ3) is 3.38. The van der Waals surface area contributed by atoms with E-state index in [0.717, 1.165) is 5.56 Å². The van der Waals surface area contributed by atoms with Gasteiger partial charge in [-0.05, 0) is 24.1 Å². The van der Waals surface area contributed by atoms with Crippen molar-refractivity contribution in [2.75, 3.05) is 11.5 Å². The number of nitrogens with two attached hydrogens (primary N) is 1. The van der Waals surface area contributed by atoms with Crippen LogP contribution in [0.4, 0.5) is 5.69 Å². The minimum atomic E-state index is -2.94. The molecule has 0 fully saturated rings. The second kappa shape index (κ2) is 4.46. The van der Waals surface area contributed by atoms with Crippen molar-refractivity contribution in [1.82, 2.24) is 0 Å². The Morgan fingerprint density at radius 2 is 1.79 bits per heavy atom. The van der Waals surface area contributed by atoms with E-state index in [1.165, 1.54) is 0 Å². The van der Waals surface area contributed by atoms with Gasteiger partial charge in [0.25, 0.3) is 0 Å². The fourth-order valence-electron chi connectivity index (χ4n) is 1.25. The molecule has 4 heteroatoms. The van der Waals surface area contributed by atoms with Crippen molar-refractivity contribution in [3.8, 4) is 0 Å². The third-order valence-electron chi connectivity index (χ3n) is 1.88. The highest BCUT2D eigenvalue weighted by Crippen LogP contribution is 2.10. The highest BCUT2D eigenvalue weighted by Gasteiger charge is 2.09. The van der Waals surface area contributed by atoms with Crippen LogP contribution >= 0.6 is 0 Å². The van der Waals surface area contributed by atoms with Crippen LogP contribution in [-0.2, 0) is 15.6 Å². The maximum atomic E-state index is 11.5. The van der Waals surface area contributed by atoms with E-state index in [1.807, 2.05) is 6.92 Å². The average molecular weight is 213 g/mol. The first-order chi connectivity index (χ1) is 6.53. The number of nitrogen functional groups attached to an aromatic ring is 1. The predicted octanol–water partition coefficient (Wildman–Crippen LogP) is 1.59. The lowest BCUT2D eigenvalue weighted by molar-refractivity contribution is 0.594. The number of rotatable bonds is 4. The molecule has 2 N–H and O–H groups in total. The van der Waals surface area contributed by atoms with Gasteiger partial charge in [0.1, 0.15) is 0 Å². The Hall–Kier alpha value is -1.03. The zero-order chi connectivity index (χ0) is 10.6. The molecule has 3 nitrogen and oxygen atoms in total. The zero-order valence-electron chi connectivity index (χ0n) is 8.23. The number of benzene rings is 1. The Morgan fingerprint density at radius 3 is 2.29 bits per heavy atom. The Balaban J connectivity index is 2.74. The molecular weight excluding hydrogens is 198 g/mol. The first kappa shape index (κ1) is 11.0. The average Bonchev–Trinajstić information content (AvgIpc) is 2.08. The molecule has 0 aromatic heterocycles. The van der Waals surface area contributed by atoms with Crippen molar-refractivity contribution in [2.45, 2.75) is 19.1 Å². The standard InChI is InChI=1S/C10H15NO2S/c1-2-7-14(12,13)8-9-3-5-10(11)6-4-9/h3-6H,2,7-8,11H2,1H3. The molecule has 1 aromatic carbocycles. The minimum Gasteiger partial charge on any atom is -0.399 e. The molecular formula is C10H15NO2S. The van der Waals surface area contributed by atoms with Gasteiger partial charge in [0.2, 0.25) is 0 Å². The molecule has 0 saturated heterocycles. The van der Waals surface area contributed by atoms with Crippen LogP contribution in [-0.4, -0.2) is 14.2 Å². The Labute approximate surface area is 84.9 Å². The summed E-state index contributed by atoms with van der Waals surface area (Å²) >= 11 is 0. The van der Waals surface area contributed by atoms with Gasteiger partial charge in [0.15, 0.2) is 9.84 Å². The van der Waals surface area contributed by atoms with Gasteiger partial charge in [0, 0.05) is 5.69 Å². The highest BCUT2D eigenvalue weighted by molar-refractivity contribution is 7.90. The van der Waals surface area contributed by atoms with Gasteiger partial charge in [-0.25, -0.2) is 8.42 Å². The monoisotopic (exact) mass is 213 g/mol. The van der Waals surface area contributed by atoms with Crippen LogP contribution in [0.3, 0.4) is 0 Å². The van der Waals surface area contributed by atoms with Crippen molar-refractivity contribution in [3.05, 3.63) is 29.8 Å². The third-order valence-corrected chi connectivity index (χ3v) is 3.68. The summed E-state index contributed by atoms with van der Waals surface area (Å²) in [5, 5.41) is 0. The summed E-state index contributed by atoms with van der Waals surface area (Å²) in [6.45, 7) is 1.86. The molecule has 0 spiro atoms. The Morgan fingerprint density at radius 1 is 1.21 bits per heavy atom. The van der Waals surface area contributed by atoms with Gasteiger partial charge >= 0.3 is 0 Å². The highest BCUT2D eigenvalue weighted by atomic mass is 32.2. The van der Waals surface area contributed by atoms with Crippen LogP contribution in [0.25, 0.3) is 0 Å². The van der Waals surface area contributed by atoms with Gasteiger partial charge < -0.3 is 5.73 Å². The van der Waals surface area contributed by atoms with E-state index < -0.39 is 9.84 Å². The fraction of sp³-hybridized carbons (Fsp3) is 0.400. The first-order valence-corrected chi connectivity index (χ1v) is 6.40. The molecule has 1 rings (SSSR count). The van der Waals surface area contributed by atoms with Crippen molar-refractivity contribution in [3.63, 3.8) is 0 Å². The van der Waals surface area contributed by atoms with E-state index in [-0.39, 0.29) is 11.5 Å². The molecule has 14 heavy (non-hydrogen) atoms. The van der Waals surface area contributed by atoms with Crippen LogP contribution in [0.5, 0.6) is 0 Å². The normalized spacial score (nSPS) is 11.5. The molecule has 0 atom stereocenters. The summed E-state index contributed by atoms with van der Waals surface area (Å²) in [6, 6.07) is 6.94. The summed E-state index contributed by atoms with van der Waals surface area (Å²) in [5.41, 5.74) is 6.95. The summed E-state index contributed by atoms with van der Waals surface area (Å²) in [7, 11) is -2.94. The minimum absolute atomic E-state index is 0.112. The summed E-state index contributed by atoms with van der Waals surface area (Å²) < 4.78 is 22.9. The maximum Gasteiger partial charge on any atom is 0.154 e. The quantitative estimate of drug-likeness (QED) is 0.773. The van der Waals surface area contributed by atoms with Gasteiger partial charge in [-0.15, -0.1) is 0 Å².